The highest BCUT2D eigenvalue weighted by Crippen LogP contribution is 2.44. The Morgan fingerprint density at radius 1 is 1.20 bits per heavy atom. The van der Waals surface area contributed by atoms with Crippen molar-refractivity contribution in [3.8, 4) is 0 Å². The summed E-state index contributed by atoms with van der Waals surface area (Å²) in [6, 6.07) is 11.4. The van der Waals surface area contributed by atoms with E-state index in [1.807, 2.05) is 19.1 Å². The van der Waals surface area contributed by atoms with E-state index in [2.05, 4.69) is 15.7 Å². The van der Waals surface area contributed by atoms with Crippen molar-refractivity contribution in [1.29, 1.82) is 0 Å². The molecule has 1 aliphatic rings. The first-order chi connectivity index (χ1) is 14.2. The summed E-state index contributed by atoms with van der Waals surface area (Å²) in [5.74, 6) is -0.568. The predicted molar refractivity (Wildman–Crippen MR) is 109 cm³/mol. The summed E-state index contributed by atoms with van der Waals surface area (Å²) in [5.41, 5.74) is 2.09. The SMILES string of the molecule is Cc1ccc([C@@H]2C[C@@H](C(F)(F)F)n3ncc(C(=O)Nc4ccccc4Cl)c3N2)cc1. The van der Waals surface area contributed by atoms with E-state index < -0.39 is 24.2 Å². The van der Waals surface area contributed by atoms with Crippen LogP contribution in [0.4, 0.5) is 24.7 Å². The Morgan fingerprint density at radius 3 is 2.57 bits per heavy atom. The molecule has 3 aromatic rings. The largest absolute Gasteiger partial charge is 0.410 e. The average molecular weight is 435 g/mol. The summed E-state index contributed by atoms with van der Waals surface area (Å²) in [7, 11) is 0. The Kier molecular flexibility index (Phi) is 5.19. The van der Waals surface area contributed by atoms with Gasteiger partial charge in [0, 0.05) is 6.42 Å². The molecule has 0 saturated carbocycles. The van der Waals surface area contributed by atoms with E-state index in [4.69, 9.17) is 11.6 Å². The van der Waals surface area contributed by atoms with Gasteiger partial charge in [-0.05, 0) is 24.6 Å². The van der Waals surface area contributed by atoms with Gasteiger partial charge in [0.05, 0.1) is 22.9 Å². The summed E-state index contributed by atoms with van der Waals surface area (Å²) in [4.78, 5) is 12.8. The highest BCUT2D eigenvalue weighted by molar-refractivity contribution is 6.34. The molecule has 4 rings (SSSR count). The first-order valence-corrected chi connectivity index (χ1v) is 9.65. The van der Waals surface area contributed by atoms with Crippen molar-refractivity contribution in [2.45, 2.75) is 31.6 Å². The number of hydrogen-bond acceptors (Lipinski definition) is 3. The maximum absolute atomic E-state index is 13.8. The Balaban J connectivity index is 1.70. The van der Waals surface area contributed by atoms with Crippen LogP contribution in [0, 0.1) is 6.92 Å². The van der Waals surface area contributed by atoms with E-state index >= 15 is 0 Å². The zero-order chi connectivity index (χ0) is 21.5. The van der Waals surface area contributed by atoms with Gasteiger partial charge in [0.2, 0.25) is 0 Å². The van der Waals surface area contributed by atoms with Gasteiger partial charge in [-0.25, -0.2) is 4.68 Å². The molecule has 2 heterocycles. The van der Waals surface area contributed by atoms with Gasteiger partial charge < -0.3 is 10.6 Å². The first kappa shape index (κ1) is 20.3. The van der Waals surface area contributed by atoms with Crippen LogP contribution < -0.4 is 10.6 Å². The molecule has 2 N–H and O–H groups in total. The Labute approximate surface area is 175 Å². The van der Waals surface area contributed by atoms with Gasteiger partial charge in [0.1, 0.15) is 11.4 Å². The van der Waals surface area contributed by atoms with E-state index in [-0.39, 0.29) is 17.8 Å². The molecule has 2 atom stereocenters. The molecule has 0 spiro atoms. The van der Waals surface area contributed by atoms with Crippen molar-refractivity contribution in [3.63, 3.8) is 0 Å². The van der Waals surface area contributed by atoms with Crippen LogP contribution >= 0.6 is 11.6 Å². The van der Waals surface area contributed by atoms with Gasteiger partial charge in [-0.1, -0.05) is 53.6 Å². The fourth-order valence-electron chi connectivity index (χ4n) is 3.50. The second-order valence-corrected chi connectivity index (χ2v) is 7.59. The molecule has 30 heavy (non-hydrogen) atoms. The number of alkyl halides is 3. The Hall–Kier alpha value is -3.00. The number of anilines is 2. The van der Waals surface area contributed by atoms with Crippen LogP contribution in [0.25, 0.3) is 0 Å². The number of nitrogens with one attached hydrogen (secondary N) is 2. The molecule has 2 aromatic carbocycles. The first-order valence-electron chi connectivity index (χ1n) is 9.27. The molecule has 0 radical (unpaired) electrons. The van der Waals surface area contributed by atoms with Gasteiger partial charge >= 0.3 is 6.18 Å². The molecule has 5 nitrogen and oxygen atoms in total. The number of carbonyl (C=O) groups is 1. The summed E-state index contributed by atoms with van der Waals surface area (Å²) in [6.45, 7) is 1.91. The maximum Gasteiger partial charge on any atom is 0.410 e. The smallest absolute Gasteiger partial charge is 0.363 e. The van der Waals surface area contributed by atoms with Crippen LogP contribution in [0.2, 0.25) is 5.02 Å². The molecule has 156 valence electrons. The monoisotopic (exact) mass is 434 g/mol. The van der Waals surface area contributed by atoms with E-state index in [1.54, 1.807) is 36.4 Å². The lowest BCUT2D eigenvalue weighted by Gasteiger charge is -2.34. The second-order valence-electron chi connectivity index (χ2n) is 7.19. The highest BCUT2D eigenvalue weighted by Gasteiger charge is 2.47. The third kappa shape index (κ3) is 3.87. The lowest BCUT2D eigenvalue weighted by Crippen LogP contribution is -2.36. The van der Waals surface area contributed by atoms with Crippen LogP contribution in [-0.2, 0) is 0 Å². The van der Waals surface area contributed by atoms with Crippen LogP contribution in [-0.4, -0.2) is 21.9 Å². The number of nitrogens with zero attached hydrogens (tertiary/aromatic N) is 2. The third-order valence-corrected chi connectivity index (χ3v) is 5.41. The zero-order valence-corrected chi connectivity index (χ0v) is 16.6. The molecule has 1 amide bonds. The Morgan fingerprint density at radius 2 is 1.90 bits per heavy atom. The fraction of sp³-hybridized carbons (Fsp3) is 0.238. The van der Waals surface area contributed by atoms with Gasteiger partial charge in [0.15, 0.2) is 6.04 Å². The van der Waals surface area contributed by atoms with Crippen LogP contribution in [0.5, 0.6) is 0 Å². The van der Waals surface area contributed by atoms with Crippen molar-refractivity contribution in [2.75, 3.05) is 10.6 Å². The number of para-hydroxylation sites is 1. The molecule has 0 bridgehead atoms. The average Bonchev–Trinajstić information content (AvgIpc) is 3.13. The number of hydrogen-bond donors (Lipinski definition) is 2. The van der Waals surface area contributed by atoms with E-state index in [0.29, 0.717) is 16.3 Å². The number of benzene rings is 2. The second kappa shape index (κ2) is 7.68. The van der Waals surface area contributed by atoms with Crippen molar-refractivity contribution in [3.05, 3.63) is 76.4 Å². The number of aromatic nitrogens is 2. The predicted octanol–water partition coefficient (Wildman–Crippen LogP) is 5.76. The number of amides is 1. The van der Waals surface area contributed by atoms with Crippen molar-refractivity contribution >= 4 is 29.0 Å². The minimum Gasteiger partial charge on any atom is -0.363 e. The number of fused-ring (bicyclic) bond motifs is 1. The normalized spacial score (nSPS) is 18.4. The maximum atomic E-state index is 13.8. The summed E-state index contributed by atoms with van der Waals surface area (Å²) in [6.07, 6.45) is -3.60. The van der Waals surface area contributed by atoms with Gasteiger partial charge in [-0.2, -0.15) is 18.3 Å². The van der Waals surface area contributed by atoms with E-state index in [1.165, 1.54) is 0 Å². The van der Waals surface area contributed by atoms with Crippen molar-refractivity contribution in [1.82, 2.24) is 9.78 Å². The fourth-order valence-corrected chi connectivity index (χ4v) is 3.68. The number of carbonyl (C=O) groups excluding carboxylic acids is 1. The van der Waals surface area contributed by atoms with Gasteiger partial charge in [0.25, 0.3) is 5.91 Å². The van der Waals surface area contributed by atoms with Gasteiger partial charge in [-0.3, -0.25) is 4.79 Å². The standard InChI is InChI=1S/C21H18ClF3N4O/c1-12-6-8-13(9-7-12)17-10-18(21(23,24)25)29-19(27-17)14(11-26-29)20(30)28-16-5-3-2-4-15(16)22/h2-9,11,17-18,27H,10H2,1H3,(H,28,30)/t17-,18-/m0/s1. The van der Waals surface area contributed by atoms with Crippen LogP contribution in [0.3, 0.4) is 0 Å². The molecule has 1 aliphatic heterocycles. The summed E-state index contributed by atoms with van der Waals surface area (Å²) in [5, 5.41) is 9.90. The molecule has 0 fully saturated rings. The minimum atomic E-state index is -4.51. The topological polar surface area (TPSA) is 59.0 Å². The van der Waals surface area contributed by atoms with E-state index in [9.17, 15) is 18.0 Å². The van der Waals surface area contributed by atoms with Gasteiger partial charge in [-0.15, -0.1) is 0 Å². The lowest BCUT2D eigenvalue weighted by atomic mass is 9.96. The van der Waals surface area contributed by atoms with Crippen LogP contribution in [0.15, 0.2) is 54.7 Å². The van der Waals surface area contributed by atoms with E-state index in [0.717, 1.165) is 16.4 Å². The molecular weight excluding hydrogens is 417 g/mol. The Bertz CT molecular complexity index is 1080. The molecule has 0 aliphatic carbocycles. The van der Waals surface area contributed by atoms with Crippen molar-refractivity contribution < 1.29 is 18.0 Å². The van der Waals surface area contributed by atoms with Crippen molar-refractivity contribution in [2.24, 2.45) is 0 Å². The number of rotatable bonds is 3. The van der Waals surface area contributed by atoms with Crippen LogP contribution in [0.1, 0.15) is 40.0 Å². The molecule has 1 aromatic heterocycles. The summed E-state index contributed by atoms with van der Waals surface area (Å²) >= 11 is 6.07. The zero-order valence-electron chi connectivity index (χ0n) is 15.9. The highest BCUT2D eigenvalue weighted by atomic mass is 35.5. The molecular formula is C21H18ClF3N4O. The lowest BCUT2D eigenvalue weighted by molar-refractivity contribution is -0.173. The third-order valence-electron chi connectivity index (χ3n) is 5.08. The molecule has 0 saturated heterocycles. The molecule has 0 unspecified atom stereocenters. The minimum absolute atomic E-state index is 0.0148. The number of aryl methyl sites for hydroxylation is 1. The molecule has 9 heteroatoms. The summed E-state index contributed by atoms with van der Waals surface area (Å²) < 4.78 is 42.2. The quantitative estimate of drug-likeness (QED) is 0.551. The number of halogens is 4.